The summed E-state index contributed by atoms with van der Waals surface area (Å²) in [5, 5.41) is 0. The number of hydrogen-bond donors (Lipinski definition) is 1. The monoisotopic (exact) mass is 294 g/mol. The molecule has 1 unspecified atom stereocenters. The van der Waals surface area contributed by atoms with Crippen LogP contribution in [0.4, 0.5) is 0 Å². The van der Waals surface area contributed by atoms with Crippen molar-refractivity contribution in [3.8, 4) is 11.5 Å². The lowest BCUT2D eigenvalue weighted by Crippen LogP contribution is -2.41. The molecule has 0 radical (unpaired) electrons. The van der Waals surface area contributed by atoms with E-state index in [2.05, 4.69) is 38.7 Å². The van der Waals surface area contributed by atoms with E-state index in [0.717, 1.165) is 23.6 Å². The van der Waals surface area contributed by atoms with Crippen molar-refractivity contribution in [3.63, 3.8) is 0 Å². The summed E-state index contributed by atoms with van der Waals surface area (Å²) in [4.78, 5) is 2.44. The molecular weight excluding hydrogens is 264 g/mol. The second-order valence-corrected chi connectivity index (χ2v) is 6.04. The van der Waals surface area contributed by atoms with E-state index in [-0.39, 0.29) is 6.04 Å². The maximum atomic E-state index is 6.08. The van der Waals surface area contributed by atoms with Crippen molar-refractivity contribution in [2.24, 2.45) is 11.7 Å². The van der Waals surface area contributed by atoms with E-state index in [9.17, 15) is 0 Å². The van der Waals surface area contributed by atoms with Crippen molar-refractivity contribution in [1.29, 1.82) is 0 Å². The van der Waals surface area contributed by atoms with E-state index >= 15 is 0 Å². The van der Waals surface area contributed by atoms with Crippen LogP contribution in [0.1, 0.15) is 39.3 Å². The maximum absolute atomic E-state index is 6.08. The average Bonchev–Trinajstić information content (AvgIpc) is 2.46. The molecule has 1 atom stereocenters. The number of methoxy groups -OCH3 is 2. The highest BCUT2D eigenvalue weighted by Gasteiger charge is 2.25. The highest BCUT2D eigenvalue weighted by atomic mass is 16.5. The van der Waals surface area contributed by atoms with E-state index in [1.165, 1.54) is 0 Å². The number of nitrogens with zero attached hydrogens (tertiary/aromatic N) is 1. The topological polar surface area (TPSA) is 47.7 Å². The molecule has 4 nitrogen and oxygen atoms in total. The molecule has 0 aliphatic heterocycles. The molecule has 0 heterocycles. The lowest BCUT2D eigenvalue weighted by atomic mass is 10.0. The van der Waals surface area contributed by atoms with Gasteiger partial charge in [0.15, 0.2) is 0 Å². The molecule has 4 heteroatoms. The Morgan fingerprint density at radius 3 is 2.19 bits per heavy atom. The van der Waals surface area contributed by atoms with Gasteiger partial charge in [-0.15, -0.1) is 0 Å². The molecule has 120 valence electrons. The number of benzene rings is 1. The molecular formula is C17H30N2O2. The Balaban J connectivity index is 3.17. The molecule has 0 aliphatic carbocycles. The molecule has 1 aromatic carbocycles. The zero-order valence-corrected chi connectivity index (χ0v) is 14.2. The number of ether oxygens (including phenoxy) is 2. The van der Waals surface area contributed by atoms with Crippen LogP contribution in [0.5, 0.6) is 11.5 Å². The molecule has 0 saturated heterocycles. The van der Waals surface area contributed by atoms with Crippen LogP contribution in [-0.2, 0) is 0 Å². The fourth-order valence-electron chi connectivity index (χ4n) is 2.65. The first-order valence-electron chi connectivity index (χ1n) is 7.62. The fraction of sp³-hybridized carbons (Fsp3) is 0.647. The molecule has 1 rings (SSSR count). The van der Waals surface area contributed by atoms with Crippen LogP contribution in [0.25, 0.3) is 0 Å². The van der Waals surface area contributed by atoms with Crippen LogP contribution in [0.2, 0.25) is 0 Å². The predicted octanol–water partition coefficient (Wildman–Crippen LogP) is 3.07. The van der Waals surface area contributed by atoms with Crippen molar-refractivity contribution in [2.45, 2.75) is 39.8 Å². The van der Waals surface area contributed by atoms with Gasteiger partial charge in [0, 0.05) is 30.8 Å². The third kappa shape index (κ3) is 4.61. The van der Waals surface area contributed by atoms with Gasteiger partial charge in [-0.05, 0) is 25.8 Å². The minimum atomic E-state index is 0.147. The zero-order chi connectivity index (χ0) is 16.0. The summed E-state index contributed by atoms with van der Waals surface area (Å²) < 4.78 is 10.8. The van der Waals surface area contributed by atoms with E-state index in [1.54, 1.807) is 14.2 Å². The molecule has 0 saturated carbocycles. The molecule has 0 spiro atoms. The van der Waals surface area contributed by atoms with Crippen LogP contribution in [-0.4, -0.2) is 38.3 Å². The Bertz CT molecular complexity index is 433. The Labute approximate surface area is 129 Å². The molecule has 0 aliphatic rings. The summed E-state index contributed by atoms with van der Waals surface area (Å²) in [6, 6.07) is 6.52. The zero-order valence-electron chi connectivity index (χ0n) is 14.2. The Morgan fingerprint density at radius 2 is 1.76 bits per heavy atom. The van der Waals surface area contributed by atoms with Crippen LogP contribution >= 0.6 is 0 Å². The van der Waals surface area contributed by atoms with Gasteiger partial charge in [-0.1, -0.05) is 19.9 Å². The third-order valence-corrected chi connectivity index (χ3v) is 3.66. The van der Waals surface area contributed by atoms with Crippen LogP contribution in [0, 0.1) is 5.92 Å². The van der Waals surface area contributed by atoms with Gasteiger partial charge in [-0.3, -0.25) is 4.90 Å². The number of nitrogens with two attached hydrogens (primary N) is 1. The van der Waals surface area contributed by atoms with Gasteiger partial charge >= 0.3 is 0 Å². The standard InChI is InChI=1S/C17H30N2O2/c1-12(2)11-19(13(3)4)16(10-18)15-8-7-14(20-5)9-17(15)21-6/h7-9,12-13,16H,10-11,18H2,1-6H3. The normalized spacial score (nSPS) is 13.0. The summed E-state index contributed by atoms with van der Waals surface area (Å²) in [5.41, 5.74) is 7.21. The summed E-state index contributed by atoms with van der Waals surface area (Å²) in [6.45, 7) is 10.5. The minimum Gasteiger partial charge on any atom is -0.497 e. The van der Waals surface area contributed by atoms with E-state index < -0.39 is 0 Å². The maximum Gasteiger partial charge on any atom is 0.127 e. The molecule has 2 N–H and O–H groups in total. The van der Waals surface area contributed by atoms with Crippen LogP contribution in [0.15, 0.2) is 18.2 Å². The van der Waals surface area contributed by atoms with E-state index in [4.69, 9.17) is 15.2 Å². The first-order valence-corrected chi connectivity index (χ1v) is 7.62. The van der Waals surface area contributed by atoms with E-state index in [0.29, 0.717) is 18.5 Å². The summed E-state index contributed by atoms with van der Waals surface area (Å²) in [5.74, 6) is 2.22. The summed E-state index contributed by atoms with van der Waals surface area (Å²) in [7, 11) is 3.35. The van der Waals surface area contributed by atoms with Crippen molar-refractivity contribution in [1.82, 2.24) is 4.90 Å². The molecule has 21 heavy (non-hydrogen) atoms. The summed E-state index contributed by atoms with van der Waals surface area (Å²) in [6.07, 6.45) is 0. The van der Waals surface area contributed by atoms with Gasteiger partial charge in [0.25, 0.3) is 0 Å². The second-order valence-electron chi connectivity index (χ2n) is 6.04. The Kier molecular flexibility index (Phi) is 6.99. The summed E-state index contributed by atoms with van der Waals surface area (Å²) >= 11 is 0. The number of rotatable bonds is 8. The minimum absolute atomic E-state index is 0.147. The first kappa shape index (κ1) is 17.8. The molecule has 0 amide bonds. The van der Waals surface area contributed by atoms with Gasteiger partial charge < -0.3 is 15.2 Å². The van der Waals surface area contributed by atoms with Crippen molar-refractivity contribution in [2.75, 3.05) is 27.3 Å². The third-order valence-electron chi connectivity index (χ3n) is 3.66. The smallest absolute Gasteiger partial charge is 0.127 e. The lowest BCUT2D eigenvalue weighted by Gasteiger charge is -2.36. The molecule has 0 aromatic heterocycles. The van der Waals surface area contributed by atoms with Gasteiger partial charge in [0.2, 0.25) is 0 Å². The Morgan fingerprint density at radius 1 is 1.10 bits per heavy atom. The van der Waals surface area contributed by atoms with Gasteiger partial charge in [-0.2, -0.15) is 0 Å². The number of hydrogen-bond acceptors (Lipinski definition) is 4. The predicted molar refractivity (Wildman–Crippen MR) is 88.0 cm³/mol. The van der Waals surface area contributed by atoms with Crippen molar-refractivity contribution < 1.29 is 9.47 Å². The van der Waals surface area contributed by atoms with E-state index in [1.807, 2.05) is 12.1 Å². The fourth-order valence-corrected chi connectivity index (χ4v) is 2.65. The highest BCUT2D eigenvalue weighted by molar-refractivity contribution is 5.42. The van der Waals surface area contributed by atoms with Gasteiger partial charge in [0.05, 0.1) is 20.3 Å². The van der Waals surface area contributed by atoms with Crippen molar-refractivity contribution in [3.05, 3.63) is 23.8 Å². The van der Waals surface area contributed by atoms with Gasteiger partial charge in [-0.25, -0.2) is 0 Å². The van der Waals surface area contributed by atoms with Gasteiger partial charge in [0.1, 0.15) is 11.5 Å². The molecule has 1 aromatic rings. The van der Waals surface area contributed by atoms with Crippen LogP contribution in [0.3, 0.4) is 0 Å². The quantitative estimate of drug-likeness (QED) is 0.800. The second kappa shape index (κ2) is 8.25. The molecule has 0 fully saturated rings. The highest BCUT2D eigenvalue weighted by Crippen LogP contribution is 2.33. The Hall–Kier alpha value is -1.26. The average molecular weight is 294 g/mol. The molecule has 0 bridgehead atoms. The lowest BCUT2D eigenvalue weighted by molar-refractivity contribution is 0.136. The SMILES string of the molecule is COc1ccc(C(CN)N(CC(C)C)C(C)C)c(OC)c1. The van der Waals surface area contributed by atoms with Crippen molar-refractivity contribution >= 4 is 0 Å². The largest absolute Gasteiger partial charge is 0.497 e. The van der Waals surface area contributed by atoms with Crippen LogP contribution < -0.4 is 15.2 Å². The first-order chi connectivity index (χ1) is 9.94.